The molecule has 0 unspecified atom stereocenters. The maximum absolute atomic E-state index is 11.4. The molecule has 1 rings (SSSR count). The SMILES string of the molecule is CCCNC1(C(=O)O)CCC(CCC)CC1. The molecule has 94 valence electrons. The van der Waals surface area contributed by atoms with Gasteiger partial charge in [0.05, 0.1) is 0 Å². The van der Waals surface area contributed by atoms with Crippen LogP contribution in [-0.2, 0) is 4.79 Å². The standard InChI is InChI=1S/C13H25NO2/c1-3-5-11-6-8-13(9-7-11,12(15)16)14-10-4-2/h11,14H,3-10H2,1-2H3,(H,15,16). The fraction of sp³-hybridized carbons (Fsp3) is 0.923. The lowest BCUT2D eigenvalue weighted by atomic mass is 9.75. The molecule has 1 fully saturated rings. The molecule has 16 heavy (non-hydrogen) atoms. The van der Waals surface area contributed by atoms with Crippen molar-refractivity contribution in [3.05, 3.63) is 0 Å². The van der Waals surface area contributed by atoms with Crippen LogP contribution in [-0.4, -0.2) is 23.2 Å². The Balaban J connectivity index is 2.52. The Morgan fingerprint density at radius 3 is 2.38 bits per heavy atom. The first-order chi connectivity index (χ1) is 7.64. The van der Waals surface area contributed by atoms with Crippen molar-refractivity contribution in [1.29, 1.82) is 0 Å². The lowest BCUT2D eigenvalue weighted by Gasteiger charge is -2.37. The number of nitrogens with one attached hydrogen (secondary N) is 1. The van der Waals surface area contributed by atoms with Crippen LogP contribution in [0.5, 0.6) is 0 Å². The Morgan fingerprint density at radius 2 is 1.94 bits per heavy atom. The van der Waals surface area contributed by atoms with E-state index < -0.39 is 11.5 Å². The molecule has 1 saturated carbocycles. The Bertz CT molecular complexity index is 220. The predicted octanol–water partition coefficient (Wildman–Crippen LogP) is 2.80. The molecule has 0 heterocycles. The minimum atomic E-state index is -0.657. The van der Waals surface area contributed by atoms with Crippen molar-refractivity contribution in [2.45, 2.75) is 64.3 Å². The van der Waals surface area contributed by atoms with Crippen molar-refractivity contribution in [1.82, 2.24) is 5.32 Å². The molecule has 0 saturated heterocycles. The Morgan fingerprint density at radius 1 is 1.31 bits per heavy atom. The first-order valence-electron chi connectivity index (χ1n) is 6.63. The molecule has 3 heteroatoms. The van der Waals surface area contributed by atoms with E-state index in [-0.39, 0.29) is 0 Å². The summed E-state index contributed by atoms with van der Waals surface area (Å²) in [6, 6.07) is 0. The highest BCUT2D eigenvalue weighted by Crippen LogP contribution is 2.34. The molecule has 1 aliphatic rings. The molecule has 0 aliphatic heterocycles. The van der Waals surface area contributed by atoms with Crippen molar-refractivity contribution in [2.24, 2.45) is 5.92 Å². The zero-order chi connectivity index (χ0) is 12.0. The van der Waals surface area contributed by atoms with Gasteiger partial charge in [-0.1, -0.05) is 26.7 Å². The van der Waals surface area contributed by atoms with Gasteiger partial charge in [-0.3, -0.25) is 4.79 Å². The second-order valence-corrected chi connectivity index (χ2v) is 5.05. The average molecular weight is 227 g/mol. The van der Waals surface area contributed by atoms with Gasteiger partial charge in [-0.25, -0.2) is 0 Å². The van der Waals surface area contributed by atoms with Gasteiger partial charge in [0, 0.05) is 0 Å². The van der Waals surface area contributed by atoms with Crippen LogP contribution in [0.25, 0.3) is 0 Å². The second kappa shape index (κ2) is 6.24. The first-order valence-corrected chi connectivity index (χ1v) is 6.63. The lowest BCUT2D eigenvalue weighted by molar-refractivity contribution is -0.146. The van der Waals surface area contributed by atoms with Gasteiger partial charge in [-0.15, -0.1) is 0 Å². The van der Waals surface area contributed by atoms with E-state index >= 15 is 0 Å². The van der Waals surface area contributed by atoms with E-state index in [1.54, 1.807) is 0 Å². The van der Waals surface area contributed by atoms with Crippen LogP contribution < -0.4 is 5.32 Å². The Labute approximate surface area is 98.6 Å². The average Bonchev–Trinajstić information content (AvgIpc) is 2.28. The highest BCUT2D eigenvalue weighted by Gasteiger charge is 2.40. The van der Waals surface area contributed by atoms with Crippen LogP contribution in [0.15, 0.2) is 0 Å². The number of hydrogen-bond donors (Lipinski definition) is 2. The third-order valence-corrected chi connectivity index (χ3v) is 3.78. The fourth-order valence-corrected chi connectivity index (χ4v) is 2.70. The summed E-state index contributed by atoms with van der Waals surface area (Å²) in [6.45, 7) is 5.09. The van der Waals surface area contributed by atoms with Crippen LogP contribution >= 0.6 is 0 Å². The van der Waals surface area contributed by atoms with Gasteiger partial charge in [0.25, 0.3) is 0 Å². The van der Waals surface area contributed by atoms with E-state index in [0.717, 1.165) is 44.6 Å². The summed E-state index contributed by atoms with van der Waals surface area (Å²) >= 11 is 0. The summed E-state index contributed by atoms with van der Waals surface area (Å²) in [5, 5.41) is 12.6. The highest BCUT2D eigenvalue weighted by molar-refractivity contribution is 5.78. The van der Waals surface area contributed by atoms with Crippen LogP contribution in [0.3, 0.4) is 0 Å². The maximum atomic E-state index is 11.4. The zero-order valence-corrected chi connectivity index (χ0v) is 10.6. The molecule has 0 spiro atoms. The van der Waals surface area contributed by atoms with Crippen molar-refractivity contribution < 1.29 is 9.90 Å². The van der Waals surface area contributed by atoms with Crippen LogP contribution in [0.1, 0.15) is 58.8 Å². The summed E-state index contributed by atoms with van der Waals surface area (Å²) < 4.78 is 0. The minimum absolute atomic E-state index is 0.625. The van der Waals surface area contributed by atoms with E-state index in [1.807, 2.05) is 0 Å². The summed E-state index contributed by atoms with van der Waals surface area (Å²) in [4.78, 5) is 11.4. The highest BCUT2D eigenvalue weighted by atomic mass is 16.4. The zero-order valence-electron chi connectivity index (χ0n) is 10.6. The van der Waals surface area contributed by atoms with E-state index in [9.17, 15) is 9.90 Å². The number of carboxylic acid groups (broad SMARTS) is 1. The summed E-state index contributed by atoms with van der Waals surface area (Å²) in [5.41, 5.74) is -0.625. The molecule has 2 N–H and O–H groups in total. The summed E-state index contributed by atoms with van der Waals surface area (Å²) in [7, 11) is 0. The Kier molecular flexibility index (Phi) is 5.26. The van der Waals surface area contributed by atoms with Gasteiger partial charge in [0.15, 0.2) is 0 Å². The molecular formula is C13H25NO2. The molecule has 0 aromatic carbocycles. The van der Waals surface area contributed by atoms with E-state index in [0.29, 0.717) is 0 Å². The van der Waals surface area contributed by atoms with Gasteiger partial charge in [0.2, 0.25) is 0 Å². The monoisotopic (exact) mass is 227 g/mol. The van der Waals surface area contributed by atoms with Gasteiger partial charge >= 0.3 is 5.97 Å². The van der Waals surface area contributed by atoms with Gasteiger partial charge < -0.3 is 10.4 Å². The molecular weight excluding hydrogens is 202 g/mol. The molecule has 1 aliphatic carbocycles. The smallest absolute Gasteiger partial charge is 0.323 e. The van der Waals surface area contributed by atoms with Gasteiger partial charge in [-0.2, -0.15) is 0 Å². The van der Waals surface area contributed by atoms with Crippen molar-refractivity contribution in [2.75, 3.05) is 6.54 Å². The van der Waals surface area contributed by atoms with Crippen molar-refractivity contribution in [3.63, 3.8) is 0 Å². The molecule has 0 aromatic heterocycles. The molecule has 0 atom stereocenters. The maximum Gasteiger partial charge on any atom is 0.323 e. The number of carboxylic acids is 1. The largest absolute Gasteiger partial charge is 0.480 e. The van der Waals surface area contributed by atoms with Gasteiger partial charge in [-0.05, 0) is 44.6 Å². The molecule has 0 amide bonds. The Hall–Kier alpha value is -0.570. The first kappa shape index (κ1) is 13.5. The normalized spacial score (nSPS) is 30.2. The van der Waals surface area contributed by atoms with E-state index in [1.165, 1.54) is 12.8 Å². The van der Waals surface area contributed by atoms with E-state index in [4.69, 9.17) is 0 Å². The molecule has 3 nitrogen and oxygen atoms in total. The number of hydrogen-bond acceptors (Lipinski definition) is 2. The lowest BCUT2D eigenvalue weighted by Crippen LogP contribution is -2.54. The number of rotatable bonds is 6. The predicted molar refractivity (Wildman–Crippen MR) is 65.5 cm³/mol. The topological polar surface area (TPSA) is 49.3 Å². The van der Waals surface area contributed by atoms with Crippen LogP contribution in [0.4, 0.5) is 0 Å². The molecule has 0 bridgehead atoms. The quantitative estimate of drug-likeness (QED) is 0.733. The fourth-order valence-electron chi connectivity index (χ4n) is 2.70. The van der Waals surface area contributed by atoms with Crippen molar-refractivity contribution >= 4 is 5.97 Å². The summed E-state index contributed by atoms with van der Waals surface area (Å²) in [5.74, 6) is 0.0943. The van der Waals surface area contributed by atoms with Crippen molar-refractivity contribution in [3.8, 4) is 0 Å². The third-order valence-electron chi connectivity index (χ3n) is 3.78. The molecule has 0 radical (unpaired) electrons. The number of carbonyl (C=O) groups is 1. The minimum Gasteiger partial charge on any atom is -0.480 e. The molecule has 0 aromatic rings. The van der Waals surface area contributed by atoms with Crippen LogP contribution in [0.2, 0.25) is 0 Å². The van der Waals surface area contributed by atoms with Crippen LogP contribution in [0, 0.1) is 5.92 Å². The van der Waals surface area contributed by atoms with E-state index in [2.05, 4.69) is 19.2 Å². The third kappa shape index (κ3) is 3.21. The second-order valence-electron chi connectivity index (χ2n) is 5.05. The summed E-state index contributed by atoms with van der Waals surface area (Å²) in [6.07, 6.45) is 7.19. The van der Waals surface area contributed by atoms with Gasteiger partial charge in [0.1, 0.15) is 5.54 Å². The number of aliphatic carboxylic acids is 1.